The molecule has 3 N–H and O–H groups in total. The second kappa shape index (κ2) is 6.08. The van der Waals surface area contributed by atoms with Gasteiger partial charge in [0.05, 0.1) is 0 Å². The van der Waals surface area contributed by atoms with E-state index < -0.39 is 17.9 Å². The van der Waals surface area contributed by atoms with E-state index in [2.05, 4.69) is 10.5 Å². The maximum Gasteiger partial charge on any atom is 0.326 e. The zero-order valence-electron chi connectivity index (χ0n) is 11.2. The smallest absolute Gasteiger partial charge is 0.326 e. The molecule has 0 spiro atoms. The molecule has 0 aliphatic rings. The minimum Gasteiger partial charge on any atom is -0.508 e. The third-order valence-corrected chi connectivity index (χ3v) is 2.84. The molecule has 1 heterocycles. The Morgan fingerprint density at radius 3 is 2.52 bits per heavy atom. The average Bonchev–Trinajstić information content (AvgIpc) is 2.87. The normalized spacial score (nSPS) is 11.9. The van der Waals surface area contributed by atoms with E-state index in [4.69, 9.17) is 4.52 Å². The molecule has 2 aromatic rings. The van der Waals surface area contributed by atoms with Gasteiger partial charge in [-0.15, -0.1) is 0 Å². The monoisotopic (exact) mass is 290 g/mol. The van der Waals surface area contributed by atoms with E-state index in [-0.39, 0.29) is 17.9 Å². The number of aliphatic carboxylic acids is 1. The van der Waals surface area contributed by atoms with Crippen LogP contribution >= 0.6 is 0 Å². The van der Waals surface area contributed by atoms with Crippen molar-refractivity contribution in [2.75, 3.05) is 0 Å². The summed E-state index contributed by atoms with van der Waals surface area (Å²) in [6.45, 7) is 1.63. The van der Waals surface area contributed by atoms with Crippen molar-refractivity contribution in [3.8, 4) is 5.75 Å². The second-order valence-electron chi connectivity index (χ2n) is 4.56. The van der Waals surface area contributed by atoms with Crippen LogP contribution in [0.5, 0.6) is 5.75 Å². The predicted molar refractivity (Wildman–Crippen MR) is 71.9 cm³/mol. The summed E-state index contributed by atoms with van der Waals surface area (Å²) in [6, 6.07) is 6.43. The topological polar surface area (TPSA) is 113 Å². The van der Waals surface area contributed by atoms with Gasteiger partial charge >= 0.3 is 5.97 Å². The van der Waals surface area contributed by atoms with E-state index in [1.165, 1.54) is 18.2 Å². The third kappa shape index (κ3) is 3.82. The van der Waals surface area contributed by atoms with Gasteiger partial charge in [-0.2, -0.15) is 0 Å². The molecule has 0 radical (unpaired) electrons. The van der Waals surface area contributed by atoms with Crippen molar-refractivity contribution in [1.82, 2.24) is 10.5 Å². The first kappa shape index (κ1) is 14.6. The molecule has 1 atom stereocenters. The quantitative estimate of drug-likeness (QED) is 0.760. The van der Waals surface area contributed by atoms with Gasteiger partial charge in [0, 0.05) is 12.5 Å². The van der Waals surface area contributed by atoms with Gasteiger partial charge in [-0.25, -0.2) is 4.79 Å². The summed E-state index contributed by atoms with van der Waals surface area (Å²) in [5, 5.41) is 24.3. The highest BCUT2D eigenvalue weighted by Crippen LogP contribution is 2.12. The molecule has 0 saturated carbocycles. The van der Waals surface area contributed by atoms with Crippen LogP contribution in [0, 0.1) is 6.92 Å². The van der Waals surface area contributed by atoms with Crippen molar-refractivity contribution in [1.29, 1.82) is 0 Å². The number of aromatic hydroxyl groups is 1. The fraction of sp³-hybridized carbons (Fsp3) is 0.214. The van der Waals surface area contributed by atoms with Gasteiger partial charge in [0.2, 0.25) is 0 Å². The van der Waals surface area contributed by atoms with Gasteiger partial charge in [-0.05, 0) is 24.6 Å². The van der Waals surface area contributed by atoms with Crippen LogP contribution in [0.2, 0.25) is 0 Å². The van der Waals surface area contributed by atoms with Crippen LogP contribution in [0.1, 0.15) is 21.8 Å². The second-order valence-corrected chi connectivity index (χ2v) is 4.56. The molecule has 1 amide bonds. The molecular weight excluding hydrogens is 276 g/mol. The molecule has 110 valence electrons. The maximum atomic E-state index is 11.9. The number of rotatable bonds is 5. The highest BCUT2D eigenvalue weighted by molar-refractivity contribution is 5.94. The number of aromatic nitrogens is 1. The van der Waals surface area contributed by atoms with Gasteiger partial charge in [-0.1, -0.05) is 17.3 Å². The van der Waals surface area contributed by atoms with Gasteiger partial charge < -0.3 is 20.1 Å². The van der Waals surface area contributed by atoms with Crippen molar-refractivity contribution < 1.29 is 24.3 Å². The fourth-order valence-electron chi connectivity index (χ4n) is 1.77. The first-order chi connectivity index (χ1) is 9.95. The number of carboxylic acids is 1. The van der Waals surface area contributed by atoms with Crippen LogP contribution in [-0.4, -0.2) is 33.3 Å². The lowest BCUT2D eigenvalue weighted by Crippen LogP contribution is -2.42. The highest BCUT2D eigenvalue weighted by atomic mass is 16.5. The fourth-order valence-corrected chi connectivity index (χ4v) is 1.77. The molecular formula is C14H14N2O5. The summed E-state index contributed by atoms with van der Waals surface area (Å²) in [5.74, 6) is -1.21. The molecule has 1 aromatic carbocycles. The number of nitrogens with one attached hydrogen (secondary N) is 1. The molecule has 0 bridgehead atoms. The molecule has 21 heavy (non-hydrogen) atoms. The summed E-state index contributed by atoms with van der Waals surface area (Å²) in [6.07, 6.45) is 0.0954. The van der Waals surface area contributed by atoms with Crippen molar-refractivity contribution in [2.24, 2.45) is 0 Å². The lowest BCUT2D eigenvalue weighted by atomic mass is 10.1. The van der Waals surface area contributed by atoms with Crippen LogP contribution in [0.3, 0.4) is 0 Å². The van der Waals surface area contributed by atoms with Gasteiger partial charge in [0.25, 0.3) is 5.91 Å². The summed E-state index contributed by atoms with van der Waals surface area (Å²) in [5.41, 5.74) is 0.710. The highest BCUT2D eigenvalue weighted by Gasteiger charge is 2.22. The Morgan fingerprint density at radius 2 is 2.00 bits per heavy atom. The third-order valence-electron chi connectivity index (χ3n) is 2.84. The lowest BCUT2D eigenvalue weighted by molar-refractivity contribution is -0.139. The van der Waals surface area contributed by atoms with E-state index in [0.717, 1.165) is 0 Å². The molecule has 0 fully saturated rings. The van der Waals surface area contributed by atoms with Crippen molar-refractivity contribution in [3.63, 3.8) is 0 Å². The Balaban J connectivity index is 2.07. The first-order valence-corrected chi connectivity index (χ1v) is 6.20. The first-order valence-electron chi connectivity index (χ1n) is 6.20. The van der Waals surface area contributed by atoms with E-state index in [1.54, 1.807) is 19.1 Å². The molecule has 0 unspecified atom stereocenters. The average molecular weight is 290 g/mol. The minimum atomic E-state index is -1.16. The van der Waals surface area contributed by atoms with Crippen LogP contribution in [0.15, 0.2) is 34.9 Å². The Kier molecular flexibility index (Phi) is 4.22. The number of carbonyl (C=O) groups is 2. The Labute approximate surface area is 120 Å². The number of aryl methyl sites for hydroxylation is 1. The Bertz CT molecular complexity index is 648. The number of carboxylic acid groups (broad SMARTS) is 1. The predicted octanol–water partition coefficient (Wildman–Crippen LogP) is 1.11. The molecule has 0 aliphatic carbocycles. The molecule has 7 nitrogen and oxygen atoms in total. The van der Waals surface area contributed by atoms with Gasteiger partial charge in [0.15, 0.2) is 5.69 Å². The SMILES string of the molecule is Cc1cc(C(=O)N[C@H](Cc2ccc(O)cc2)C(=O)O)no1. The number of phenols is 1. The van der Waals surface area contributed by atoms with Crippen LogP contribution in [-0.2, 0) is 11.2 Å². The molecule has 0 saturated heterocycles. The molecule has 1 aromatic heterocycles. The van der Waals surface area contributed by atoms with Crippen molar-refractivity contribution in [2.45, 2.75) is 19.4 Å². The number of hydrogen-bond acceptors (Lipinski definition) is 5. The van der Waals surface area contributed by atoms with E-state index in [1.807, 2.05) is 0 Å². The zero-order valence-corrected chi connectivity index (χ0v) is 11.2. The summed E-state index contributed by atoms with van der Waals surface area (Å²) >= 11 is 0. The van der Waals surface area contributed by atoms with E-state index >= 15 is 0 Å². The largest absolute Gasteiger partial charge is 0.508 e. The molecule has 2 rings (SSSR count). The van der Waals surface area contributed by atoms with Gasteiger partial charge in [0.1, 0.15) is 17.6 Å². The lowest BCUT2D eigenvalue weighted by Gasteiger charge is -2.13. The summed E-state index contributed by atoms with van der Waals surface area (Å²) in [7, 11) is 0. The van der Waals surface area contributed by atoms with Crippen molar-refractivity contribution >= 4 is 11.9 Å². The number of hydrogen-bond donors (Lipinski definition) is 3. The zero-order chi connectivity index (χ0) is 15.4. The number of phenolic OH excluding ortho intramolecular Hbond substituents is 1. The Morgan fingerprint density at radius 1 is 1.33 bits per heavy atom. The number of amides is 1. The maximum absolute atomic E-state index is 11.9. The standard InChI is InChI=1S/C14H14N2O5/c1-8-6-11(16-21-8)13(18)15-12(14(19)20)7-9-2-4-10(17)5-3-9/h2-6,12,17H,7H2,1H3,(H,15,18)(H,19,20)/t12-/m1/s1. The number of carbonyl (C=O) groups excluding carboxylic acids is 1. The van der Waals surface area contributed by atoms with E-state index in [9.17, 15) is 19.8 Å². The van der Waals surface area contributed by atoms with E-state index in [0.29, 0.717) is 11.3 Å². The van der Waals surface area contributed by atoms with Crippen LogP contribution < -0.4 is 5.32 Å². The summed E-state index contributed by atoms with van der Waals surface area (Å²) < 4.78 is 4.77. The number of nitrogens with zero attached hydrogens (tertiary/aromatic N) is 1. The molecule has 7 heteroatoms. The van der Waals surface area contributed by atoms with Crippen LogP contribution in [0.25, 0.3) is 0 Å². The van der Waals surface area contributed by atoms with Crippen LogP contribution in [0.4, 0.5) is 0 Å². The minimum absolute atomic E-state index is 0.0319. The Hall–Kier alpha value is -2.83. The number of benzene rings is 1. The van der Waals surface area contributed by atoms with Crippen molar-refractivity contribution in [3.05, 3.63) is 47.3 Å². The summed E-state index contributed by atoms with van der Waals surface area (Å²) in [4.78, 5) is 23.1. The van der Waals surface area contributed by atoms with Gasteiger partial charge in [-0.3, -0.25) is 4.79 Å². The molecule has 0 aliphatic heterocycles.